The molecule has 27 heavy (non-hydrogen) atoms. The molecule has 0 aliphatic heterocycles. The van der Waals surface area contributed by atoms with E-state index in [2.05, 4.69) is 10.5 Å². The minimum atomic E-state index is -1.14. The average Bonchev–Trinajstić information content (AvgIpc) is 2.62. The predicted molar refractivity (Wildman–Crippen MR) is 102 cm³/mol. The number of halogens is 2. The monoisotopic (exact) mass is 410 g/mol. The van der Waals surface area contributed by atoms with Gasteiger partial charge in [-0.05, 0) is 42.3 Å². The Bertz CT molecular complexity index is 900. The molecule has 2 rings (SSSR count). The summed E-state index contributed by atoms with van der Waals surface area (Å²) in [7, 11) is 1.39. The Hall–Kier alpha value is -2.77. The number of aryl methyl sites for hydroxylation is 1. The van der Waals surface area contributed by atoms with Gasteiger partial charge in [-0.2, -0.15) is 5.10 Å². The first-order valence-electron chi connectivity index (χ1n) is 7.63. The third kappa shape index (κ3) is 5.60. The van der Waals surface area contributed by atoms with Crippen molar-refractivity contribution >= 4 is 41.3 Å². The molecule has 0 aromatic heterocycles. The summed E-state index contributed by atoms with van der Waals surface area (Å²) in [6, 6.07) is 7.97. The second-order valence-electron chi connectivity index (χ2n) is 5.38. The maximum atomic E-state index is 12.1. The van der Waals surface area contributed by atoms with Crippen LogP contribution in [0.25, 0.3) is 0 Å². The molecular weight excluding hydrogens is 395 g/mol. The fourth-order valence-electron chi connectivity index (χ4n) is 2.05. The lowest BCUT2D eigenvalue weighted by molar-refractivity contribution is -0.139. The van der Waals surface area contributed by atoms with Crippen molar-refractivity contribution in [2.45, 2.75) is 6.92 Å². The van der Waals surface area contributed by atoms with Crippen molar-refractivity contribution in [2.75, 3.05) is 13.7 Å². The summed E-state index contributed by atoms with van der Waals surface area (Å²) in [5.41, 5.74) is 4.14. The predicted octanol–water partition coefficient (Wildman–Crippen LogP) is 3.54. The van der Waals surface area contributed by atoms with Crippen LogP contribution < -0.4 is 14.9 Å². The molecule has 0 saturated carbocycles. The number of amides is 1. The van der Waals surface area contributed by atoms with Crippen LogP contribution in [0.3, 0.4) is 0 Å². The van der Waals surface area contributed by atoms with E-state index in [1.54, 1.807) is 24.3 Å². The normalized spacial score (nSPS) is 10.7. The maximum absolute atomic E-state index is 12.1. The van der Waals surface area contributed by atoms with Crippen LogP contribution in [-0.4, -0.2) is 36.9 Å². The Morgan fingerprint density at radius 3 is 2.59 bits per heavy atom. The largest absolute Gasteiger partial charge is 0.493 e. The number of carbonyl (C=O) groups is 2. The van der Waals surface area contributed by atoms with Gasteiger partial charge in [0.25, 0.3) is 5.91 Å². The van der Waals surface area contributed by atoms with E-state index in [1.807, 2.05) is 6.92 Å². The molecule has 0 saturated heterocycles. The third-order valence-electron chi connectivity index (χ3n) is 3.41. The number of carbonyl (C=O) groups excluding carboxylic acids is 1. The molecule has 2 aromatic rings. The van der Waals surface area contributed by atoms with E-state index < -0.39 is 18.5 Å². The lowest BCUT2D eigenvalue weighted by atomic mass is 10.1. The summed E-state index contributed by atoms with van der Waals surface area (Å²) in [6.45, 7) is 1.28. The molecule has 0 radical (unpaired) electrons. The van der Waals surface area contributed by atoms with Crippen molar-refractivity contribution in [3.8, 4) is 11.5 Å². The maximum Gasteiger partial charge on any atom is 0.341 e. The first-order valence-corrected chi connectivity index (χ1v) is 8.39. The van der Waals surface area contributed by atoms with E-state index in [9.17, 15) is 9.59 Å². The number of carboxylic acids is 1. The Balaban J connectivity index is 2.11. The lowest BCUT2D eigenvalue weighted by Gasteiger charge is -2.11. The fraction of sp³-hybridized carbons (Fsp3) is 0.167. The van der Waals surface area contributed by atoms with Gasteiger partial charge in [-0.15, -0.1) is 0 Å². The number of hydrogen-bond donors (Lipinski definition) is 2. The Morgan fingerprint density at radius 1 is 1.22 bits per heavy atom. The molecule has 0 heterocycles. The second-order valence-corrected chi connectivity index (χ2v) is 6.19. The highest BCUT2D eigenvalue weighted by Gasteiger charge is 2.13. The summed E-state index contributed by atoms with van der Waals surface area (Å²) in [4.78, 5) is 22.7. The van der Waals surface area contributed by atoms with Crippen molar-refractivity contribution in [2.24, 2.45) is 5.10 Å². The molecular formula is C18H16Cl2N2O5. The van der Waals surface area contributed by atoms with Crippen molar-refractivity contribution in [1.29, 1.82) is 0 Å². The molecule has 1 amide bonds. The summed E-state index contributed by atoms with van der Waals surface area (Å²) >= 11 is 12.1. The standard InChI is InChI=1S/C18H16Cl2N2O5/c1-10-3-4-12(7-13(10)19)18(25)22-21-8-11-5-14(20)17(15(6-11)26-2)27-9-16(23)24/h3-8H,9H2,1-2H3,(H,22,25)(H,23,24)/b21-8-. The van der Waals surface area contributed by atoms with Gasteiger partial charge in [-0.1, -0.05) is 29.3 Å². The number of aliphatic carboxylic acids is 1. The molecule has 0 unspecified atom stereocenters. The van der Waals surface area contributed by atoms with Gasteiger partial charge in [0, 0.05) is 10.6 Å². The number of rotatable bonds is 7. The van der Waals surface area contributed by atoms with Gasteiger partial charge in [0.1, 0.15) is 0 Å². The smallest absolute Gasteiger partial charge is 0.341 e. The first kappa shape index (κ1) is 20.5. The van der Waals surface area contributed by atoms with Crippen LogP contribution >= 0.6 is 23.2 Å². The van der Waals surface area contributed by atoms with E-state index in [0.717, 1.165) is 5.56 Å². The summed E-state index contributed by atoms with van der Waals surface area (Å²) in [6.07, 6.45) is 1.36. The molecule has 2 N–H and O–H groups in total. The number of hydrogen-bond acceptors (Lipinski definition) is 5. The number of carboxylic acid groups (broad SMARTS) is 1. The molecule has 2 aromatic carbocycles. The fourth-order valence-corrected chi connectivity index (χ4v) is 2.51. The molecule has 7 nitrogen and oxygen atoms in total. The lowest BCUT2D eigenvalue weighted by Crippen LogP contribution is -2.17. The summed E-state index contributed by atoms with van der Waals surface area (Å²) < 4.78 is 10.3. The highest BCUT2D eigenvalue weighted by Crippen LogP contribution is 2.36. The molecule has 0 aliphatic rings. The van der Waals surface area contributed by atoms with Gasteiger partial charge in [-0.3, -0.25) is 4.79 Å². The van der Waals surface area contributed by atoms with Crippen molar-refractivity contribution in [1.82, 2.24) is 5.43 Å². The van der Waals surface area contributed by atoms with E-state index in [0.29, 0.717) is 16.1 Å². The van der Waals surface area contributed by atoms with Crippen molar-refractivity contribution in [3.63, 3.8) is 0 Å². The van der Waals surface area contributed by atoms with Gasteiger partial charge in [0.2, 0.25) is 0 Å². The highest BCUT2D eigenvalue weighted by molar-refractivity contribution is 6.32. The SMILES string of the molecule is COc1cc(/C=N\NC(=O)c2ccc(C)c(Cl)c2)cc(Cl)c1OCC(=O)O. The van der Waals surface area contributed by atoms with E-state index in [-0.39, 0.29) is 16.5 Å². The van der Waals surface area contributed by atoms with Crippen LogP contribution in [0.4, 0.5) is 0 Å². The Morgan fingerprint density at radius 2 is 1.96 bits per heavy atom. The van der Waals surface area contributed by atoms with Crippen LogP contribution in [-0.2, 0) is 4.79 Å². The van der Waals surface area contributed by atoms with Gasteiger partial charge < -0.3 is 14.6 Å². The van der Waals surface area contributed by atoms with Crippen LogP contribution in [0.5, 0.6) is 11.5 Å². The second kappa shape index (κ2) is 9.25. The third-order valence-corrected chi connectivity index (χ3v) is 4.09. The van der Waals surface area contributed by atoms with E-state index in [4.69, 9.17) is 37.8 Å². The molecule has 0 fully saturated rings. The van der Waals surface area contributed by atoms with Crippen LogP contribution in [0.1, 0.15) is 21.5 Å². The van der Waals surface area contributed by atoms with Gasteiger partial charge in [0.15, 0.2) is 18.1 Å². The van der Waals surface area contributed by atoms with Crippen molar-refractivity contribution in [3.05, 3.63) is 57.1 Å². The molecule has 0 aliphatic carbocycles. The molecule has 0 atom stereocenters. The minimum Gasteiger partial charge on any atom is -0.493 e. The first-order chi connectivity index (χ1) is 12.8. The number of benzene rings is 2. The number of nitrogens with one attached hydrogen (secondary N) is 1. The zero-order chi connectivity index (χ0) is 20.0. The van der Waals surface area contributed by atoms with Crippen LogP contribution in [0.15, 0.2) is 35.4 Å². The summed E-state index contributed by atoms with van der Waals surface area (Å²) in [5.74, 6) is -1.22. The Kier molecular flexibility index (Phi) is 7.04. The van der Waals surface area contributed by atoms with Gasteiger partial charge >= 0.3 is 5.97 Å². The van der Waals surface area contributed by atoms with Gasteiger partial charge in [-0.25, -0.2) is 10.2 Å². The number of methoxy groups -OCH3 is 1. The topological polar surface area (TPSA) is 97.2 Å². The molecule has 0 bridgehead atoms. The average molecular weight is 411 g/mol. The number of nitrogens with zero attached hydrogens (tertiary/aromatic N) is 1. The molecule has 0 spiro atoms. The number of hydrazone groups is 1. The number of ether oxygens (including phenoxy) is 2. The molecule has 142 valence electrons. The minimum absolute atomic E-state index is 0.108. The van der Waals surface area contributed by atoms with Crippen molar-refractivity contribution < 1.29 is 24.2 Å². The highest BCUT2D eigenvalue weighted by atomic mass is 35.5. The Labute approximate surface area is 165 Å². The van der Waals surface area contributed by atoms with E-state index >= 15 is 0 Å². The zero-order valence-electron chi connectivity index (χ0n) is 14.5. The summed E-state index contributed by atoms with van der Waals surface area (Å²) in [5, 5.41) is 13.2. The zero-order valence-corrected chi connectivity index (χ0v) is 16.0. The van der Waals surface area contributed by atoms with Crippen LogP contribution in [0, 0.1) is 6.92 Å². The van der Waals surface area contributed by atoms with Crippen LogP contribution in [0.2, 0.25) is 10.0 Å². The van der Waals surface area contributed by atoms with E-state index in [1.165, 1.54) is 19.4 Å². The van der Waals surface area contributed by atoms with Gasteiger partial charge in [0.05, 0.1) is 18.3 Å². The molecule has 9 heteroatoms. The quantitative estimate of drug-likeness (QED) is 0.537.